The highest BCUT2D eigenvalue weighted by atomic mass is 16.5. The Balaban J connectivity index is 1.78. The number of hydrogen-bond donors (Lipinski definition) is 1. The molecule has 1 aromatic carbocycles. The second kappa shape index (κ2) is 4.94. The first-order chi connectivity index (χ1) is 8.86. The van der Waals surface area contributed by atoms with Crippen LogP contribution >= 0.6 is 0 Å². The van der Waals surface area contributed by atoms with Gasteiger partial charge in [0.15, 0.2) is 5.76 Å². The monoisotopic (exact) mass is 242 g/mol. The molecule has 2 aromatic rings. The van der Waals surface area contributed by atoms with Crippen LogP contribution < -0.4 is 5.32 Å². The Kier molecular flexibility index (Phi) is 3.15. The summed E-state index contributed by atoms with van der Waals surface area (Å²) in [5.74, 6) is 0.894. The molecule has 1 aromatic heterocycles. The maximum absolute atomic E-state index is 5.39. The van der Waals surface area contributed by atoms with Crippen LogP contribution in [-0.4, -0.2) is 11.2 Å². The third-order valence-electron chi connectivity index (χ3n) is 3.43. The van der Waals surface area contributed by atoms with Crippen molar-refractivity contribution in [3.63, 3.8) is 0 Å². The van der Waals surface area contributed by atoms with Gasteiger partial charge in [-0.3, -0.25) is 0 Å². The van der Waals surface area contributed by atoms with E-state index >= 15 is 0 Å². The smallest absolute Gasteiger partial charge is 0.171 e. The van der Waals surface area contributed by atoms with E-state index in [1.165, 1.54) is 18.4 Å². The van der Waals surface area contributed by atoms with Gasteiger partial charge in [-0.15, -0.1) is 0 Å². The zero-order valence-electron chi connectivity index (χ0n) is 10.6. The predicted molar refractivity (Wildman–Crippen MR) is 71.2 cm³/mol. The average Bonchev–Trinajstić information content (AvgIpc) is 3.14. The van der Waals surface area contributed by atoms with Crippen molar-refractivity contribution in [2.24, 2.45) is 0 Å². The van der Waals surface area contributed by atoms with Gasteiger partial charge in [0.1, 0.15) is 0 Å². The molecular formula is C15H18N2O. The Hall–Kier alpha value is -1.61. The molecule has 1 N–H and O–H groups in total. The minimum absolute atomic E-state index is 0.704. The summed E-state index contributed by atoms with van der Waals surface area (Å²) >= 11 is 0. The van der Waals surface area contributed by atoms with Gasteiger partial charge in [-0.2, -0.15) is 0 Å². The van der Waals surface area contributed by atoms with Crippen molar-refractivity contribution in [3.05, 3.63) is 41.6 Å². The maximum atomic E-state index is 5.39. The van der Waals surface area contributed by atoms with Crippen molar-refractivity contribution < 1.29 is 4.52 Å². The summed E-state index contributed by atoms with van der Waals surface area (Å²) in [6, 6.07) is 9.22. The van der Waals surface area contributed by atoms with Gasteiger partial charge in [-0.1, -0.05) is 36.3 Å². The van der Waals surface area contributed by atoms with Crippen LogP contribution in [0.5, 0.6) is 0 Å². The van der Waals surface area contributed by atoms with Crippen molar-refractivity contribution in [1.82, 2.24) is 10.5 Å². The molecule has 0 bridgehead atoms. The molecule has 3 rings (SSSR count). The SMILES string of the molecule is CCc1ccc(-c2oncc2CNC2CC2)cc1. The first-order valence-corrected chi connectivity index (χ1v) is 6.63. The first kappa shape index (κ1) is 11.5. The fourth-order valence-electron chi connectivity index (χ4n) is 2.06. The number of nitrogens with one attached hydrogen (secondary N) is 1. The van der Waals surface area contributed by atoms with Crippen LogP contribution in [0.1, 0.15) is 30.9 Å². The average molecular weight is 242 g/mol. The van der Waals surface area contributed by atoms with Crippen LogP contribution in [-0.2, 0) is 13.0 Å². The van der Waals surface area contributed by atoms with E-state index < -0.39 is 0 Å². The van der Waals surface area contributed by atoms with Gasteiger partial charge >= 0.3 is 0 Å². The zero-order chi connectivity index (χ0) is 12.4. The summed E-state index contributed by atoms with van der Waals surface area (Å²) in [4.78, 5) is 0. The van der Waals surface area contributed by atoms with Crippen LogP contribution in [0.15, 0.2) is 35.0 Å². The van der Waals surface area contributed by atoms with Gasteiger partial charge < -0.3 is 9.84 Å². The highest BCUT2D eigenvalue weighted by molar-refractivity contribution is 5.61. The van der Waals surface area contributed by atoms with Gasteiger partial charge in [0.2, 0.25) is 0 Å². The molecule has 0 aliphatic heterocycles. The molecule has 0 unspecified atom stereocenters. The molecule has 1 aliphatic carbocycles. The van der Waals surface area contributed by atoms with Crippen LogP contribution in [0.4, 0.5) is 0 Å². The van der Waals surface area contributed by atoms with Crippen LogP contribution in [0.25, 0.3) is 11.3 Å². The fraction of sp³-hybridized carbons (Fsp3) is 0.400. The quantitative estimate of drug-likeness (QED) is 0.875. The van der Waals surface area contributed by atoms with E-state index in [0.717, 1.165) is 29.9 Å². The summed E-state index contributed by atoms with van der Waals surface area (Å²) in [5.41, 5.74) is 3.60. The third-order valence-corrected chi connectivity index (χ3v) is 3.43. The van der Waals surface area contributed by atoms with Crippen molar-refractivity contribution >= 4 is 0 Å². The minimum atomic E-state index is 0.704. The Bertz CT molecular complexity index is 512. The number of aryl methyl sites for hydroxylation is 1. The largest absolute Gasteiger partial charge is 0.356 e. The van der Waals surface area contributed by atoms with Crippen LogP contribution in [0.3, 0.4) is 0 Å². The van der Waals surface area contributed by atoms with Gasteiger partial charge in [0.05, 0.1) is 6.20 Å². The molecule has 3 nitrogen and oxygen atoms in total. The van der Waals surface area contributed by atoms with E-state index in [9.17, 15) is 0 Å². The number of nitrogens with zero attached hydrogens (tertiary/aromatic N) is 1. The Morgan fingerprint density at radius 1 is 1.28 bits per heavy atom. The van der Waals surface area contributed by atoms with Crippen molar-refractivity contribution in [3.8, 4) is 11.3 Å². The third kappa shape index (κ3) is 2.46. The molecule has 1 saturated carbocycles. The molecular weight excluding hydrogens is 224 g/mol. The molecule has 0 radical (unpaired) electrons. The number of rotatable bonds is 5. The lowest BCUT2D eigenvalue weighted by Crippen LogP contribution is -2.15. The van der Waals surface area contributed by atoms with Gasteiger partial charge in [0.25, 0.3) is 0 Å². The Labute approximate surface area is 107 Å². The summed E-state index contributed by atoms with van der Waals surface area (Å²) < 4.78 is 5.39. The summed E-state index contributed by atoms with van der Waals surface area (Å²) in [7, 11) is 0. The van der Waals surface area contributed by atoms with E-state index in [1.54, 1.807) is 0 Å². The van der Waals surface area contributed by atoms with Gasteiger partial charge in [-0.05, 0) is 24.8 Å². The molecule has 1 heterocycles. The normalized spacial score (nSPS) is 14.9. The number of aromatic nitrogens is 1. The minimum Gasteiger partial charge on any atom is -0.356 e. The fourth-order valence-corrected chi connectivity index (χ4v) is 2.06. The zero-order valence-corrected chi connectivity index (χ0v) is 10.6. The van der Waals surface area contributed by atoms with E-state index in [4.69, 9.17) is 4.52 Å². The van der Waals surface area contributed by atoms with Gasteiger partial charge in [0, 0.05) is 23.7 Å². The lowest BCUT2D eigenvalue weighted by Gasteiger charge is -2.03. The van der Waals surface area contributed by atoms with E-state index in [1.807, 2.05) is 6.20 Å². The second-order valence-corrected chi connectivity index (χ2v) is 4.89. The molecule has 1 aliphatic rings. The van der Waals surface area contributed by atoms with Crippen LogP contribution in [0, 0.1) is 0 Å². The Morgan fingerprint density at radius 2 is 2.06 bits per heavy atom. The summed E-state index contributed by atoms with van der Waals surface area (Å²) in [6.45, 7) is 3.01. The molecule has 3 heteroatoms. The number of benzene rings is 1. The second-order valence-electron chi connectivity index (χ2n) is 4.89. The topological polar surface area (TPSA) is 38.1 Å². The lowest BCUT2D eigenvalue weighted by atomic mass is 10.1. The number of hydrogen-bond acceptors (Lipinski definition) is 3. The molecule has 0 atom stereocenters. The lowest BCUT2D eigenvalue weighted by molar-refractivity contribution is 0.431. The molecule has 0 amide bonds. The van der Waals surface area contributed by atoms with E-state index in [2.05, 4.69) is 41.7 Å². The molecule has 94 valence electrons. The van der Waals surface area contributed by atoms with E-state index in [0.29, 0.717) is 6.04 Å². The highest BCUT2D eigenvalue weighted by Gasteiger charge is 2.21. The predicted octanol–water partition coefficient (Wildman–Crippen LogP) is 3.16. The summed E-state index contributed by atoms with van der Waals surface area (Å²) in [5, 5.41) is 7.42. The van der Waals surface area contributed by atoms with Crippen molar-refractivity contribution in [2.45, 2.75) is 38.8 Å². The molecule has 0 saturated heterocycles. The first-order valence-electron chi connectivity index (χ1n) is 6.63. The molecule has 1 fully saturated rings. The van der Waals surface area contributed by atoms with Gasteiger partial charge in [-0.25, -0.2) is 0 Å². The molecule has 0 spiro atoms. The standard InChI is InChI=1S/C15H18N2O/c1-2-11-3-5-12(6-4-11)15-13(10-17-18-15)9-16-14-7-8-14/h3-6,10,14,16H,2,7-9H2,1H3. The van der Waals surface area contributed by atoms with Crippen molar-refractivity contribution in [2.75, 3.05) is 0 Å². The van der Waals surface area contributed by atoms with Crippen LogP contribution in [0.2, 0.25) is 0 Å². The maximum Gasteiger partial charge on any atom is 0.171 e. The summed E-state index contributed by atoms with van der Waals surface area (Å²) in [6.07, 6.45) is 5.48. The Morgan fingerprint density at radius 3 is 2.72 bits per heavy atom. The molecule has 18 heavy (non-hydrogen) atoms. The van der Waals surface area contributed by atoms with E-state index in [-0.39, 0.29) is 0 Å². The highest BCUT2D eigenvalue weighted by Crippen LogP contribution is 2.25. The van der Waals surface area contributed by atoms with Crippen molar-refractivity contribution in [1.29, 1.82) is 0 Å².